The molecule has 0 spiro atoms. The van der Waals surface area contributed by atoms with Crippen molar-refractivity contribution in [2.24, 2.45) is 0 Å². The van der Waals surface area contributed by atoms with Crippen molar-refractivity contribution in [2.45, 2.75) is 27.2 Å². The van der Waals surface area contributed by atoms with E-state index < -0.39 is 0 Å². The molecule has 0 saturated heterocycles. The number of amides is 1. The van der Waals surface area contributed by atoms with Crippen LogP contribution in [0.25, 0.3) is 0 Å². The molecule has 0 bridgehead atoms. The van der Waals surface area contributed by atoms with E-state index in [2.05, 4.69) is 12.2 Å². The molecule has 1 amide bonds. The Kier molecular flexibility index (Phi) is 4.83. The fourth-order valence-electron chi connectivity index (χ4n) is 1.54. The highest BCUT2D eigenvalue weighted by Crippen LogP contribution is 2.21. The van der Waals surface area contributed by atoms with Gasteiger partial charge in [0.15, 0.2) is 0 Å². The van der Waals surface area contributed by atoms with E-state index in [4.69, 9.17) is 4.74 Å². The predicted octanol–water partition coefficient (Wildman–Crippen LogP) is 2.40. The minimum atomic E-state index is -0.0499. The third-order valence-corrected chi connectivity index (χ3v) is 2.35. The second-order valence-corrected chi connectivity index (χ2v) is 3.47. The van der Waals surface area contributed by atoms with Gasteiger partial charge < -0.3 is 10.1 Å². The molecule has 0 aliphatic heterocycles. The predicted molar refractivity (Wildman–Crippen MR) is 65.0 cm³/mol. The van der Waals surface area contributed by atoms with Crippen LogP contribution in [0.3, 0.4) is 0 Å². The van der Waals surface area contributed by atoms with Crippen LogP contribution in [0.5, 0.6) is 5.75 Å². The molecule has 3 heteroatoms. The van der Waals surface area contributed by atoms with E-state index in [1.165, 1.54) is 0 Å². The Morgan fingerprint density at radius 3 is 2.62 bits per heavy atom. The third kappa shape index (κ3) is 2.99. The molecule has 1 aromatic rings. The van der Waals surface area contributed by atoms with Gasteiger partial charge in [-0.2, -0.15) is 0 Å². The molecule has 1 N–H and O–H groups in total. The SMILES string of the molecule is CCNC(=O)c1ccc(CC)c(OCC)c1. The van der Waals surface area contributed by atoms with Crippen molar-refractivity contribution in [1.82, 2.24) is 5.32 Å². The molecular weight excluding hydrogens is 202 g/mol. The normalized spacial score (nSPS) is 9.94. The lowest BCUT2D eigenvalue weighted by molar-refractivity contribution is 0.0955. The molecule has 0 radical (unpaired) electrons. The van der Waals surface area contributed by atoms with Crippen LogP contribution in [0, 0.1) is 0 Å². The smallest absolute Gasteiger partial charge is 0.251 e. The van der Waals surface area contributed by atoms with Crippen LogP contribution in [-0.2, 0) is 6.42 Å². The van der Waals surface area contributed by atoms with Crippen LogP contribution >= 0.6 is 0 Å². The second-order valence-electron chi connectivity index (χ2n) is 3.47. The molecule has 0 unspecified atom stereocenters. The molecule has 16 heavy (non-hydrogen) atoms. The van der Waals surface area contributed by atoms with Crippen LogP contribution in [0.4, 0.5) is 0 Å². The number of benzene rings is 1. The van der Waals surface area contributed by atoms with Crippen molar-refractivity contribution in [3.05, 3.63) is 29.3 Å². The minimum absolute atomic E-state index is 0.0499. The molecule has 0 aliphatic carbocycles. The lowest BCUT2D eigenvalue weighted by Crippen LogP contribution is -2.22. The first-order valence-corrected chi connectivity index (χ1v) is 5.76. The maximum absolute atomic E-state index is 11.6. The lowest BCUT2D eigenvalue weighted by atomic mass is 10.1. The van der Waals surface area contributed by atoms with Gasteiger partial charge in [-0.25, -0.2) is 0 Å². The zero-order chi connectivity index (χ0) is 12.0. The molecule has 0 aliphatic rings. The monoisotopic (exact) mass is 221 g/mol. The Morgan fingerprint density at radius 1 is 1.31 bits per heavy atom. The zero-order valence-corrected chi connectivity index (χ0v) is 10.2. The van der Waals surface area contributed by atoms with Gasteiger partial charge in [0, 0.05) is 12.1 Å². The van der Waals surface area contributed by atoms with Gasteiger partial charge in [0.25, 0.3) is 5.91 Å². The Hall–Kier alpha value is -1.51. The first kappa shape index (κ1) is 12.6. The van der Waals surface area contributed by atoms with Crippen molar-refractivity contribution in [2.75, 3.05) is 13.2 Å². The van der Waals surface area contributed by atoms with Gasteiger partial charge in [-0.15, -0.1) is 0 Å². The first-order valence-electron chi connectivity index (χ1n) is 5.76. The van der Waals surface area contributed by atoms with Crippen molar-refractivity contribution < 1.29 is 9.53 Å². The van der Waals surface area contributed by atoms with Gasteiger partial charge >= 0.3 is 0 Å². The van der Waals surface area contributed by atoms with E-state index in [-0.39, 0.29) is 5.91 Å². The number of hydrogen-bond donors (Lipinski definition) is 1. The van der Waals surface area contributed by atoms with Gasteiger partial charge in [0.1, 0.15) is 5.75 Å². The molecule has 0 saturated carbocycles. The Labute approximate surface area is 96.8 Å². The largest absolute Gasteiger partial charge is 0.494 e. The van der Waals surface area contributed by atoms with Crippen molar-refractivity contribution >= 4 is 5.91 Å². The number of ether oxygens (including phenoxy) is 1. The number of carbonyl (C=O) groups is 1. The molecular formula is C13H19NO2. The van der Waals surface area contributed by atoms with Gasteiger partial charge in [0.2, 0.25) is 0 Å². The molecule has 1 rings (SSSR count). The Balaban J connectivity index is 2.96. The van der Waals surface area contributed by atoms with Gasteiger partial charge in [-0.05, 0) is 38.0 Å². The highest BCUT2D eigenvalue weighted by atomic mass is 16.5. The van der Waals surface area contributed by atoms with Crippen LogP contribution in [0.15, 0.2) is 18.2 Å². The first-order chi connectivity index (χ1) is 7.72. The van der Waals surface area contributed by atoms with E-state index in [1.807, 2.05) is 32.0 Å². The van der Waals surface area contributed by atoms with Crippen LogP contribution in [0.1, 0.15) is 36.7 Å². The summed E-state index contributed by atoms with van der Waals surface area (Å²) in [6.45, 7) is 7.17. The summed E-state index contributed by atoms with van der Waals surface area (Å²) >= 11 is 0. The summed E-state index contributed by atoms with van der Waals surface area (Å²) in [5, 5.41) is 2.77. The quantitative estimate of drug-likeness (QED) is 0.829. The van der Waals surface area contributed by atoms with Gasteiger partial charge in [0.05, 0.1) is 6.61 Å². The maximum Gasteiger partial charge on any atom is 0.251 e. The number of rotatable bonds is 5. The average molecular weight is 221 g/mol. The maximum atomic E-state index is 11.6. The summed E-state index contributed by atoms with van der Waals surface area (Å²) in [6.07, 6.45) is 0.908. The molecule has 0 fully saturated rings. The highest BCUT2D eigenvalue weighted by Gasteiger charge is 2.08. The standard InChI is InChI=1S/C13H19NO2/c1-4-10-7-8-11(13(15)14-5-2)9-12(10)16-6-3/h7-9H,4-6H2,1-3H3,(H,14,15). The average Bonchev–Trinajstić information content (AvgIpc) is 2.29. The van der Waals surface area contributed by atoms with E-state index in [0.29, 0.717) is 18.7 Å². The fourth-order valence-corrected chi connectivity index (χ4v) is 1.54. The Bertz CT molecular complexity index is 361. The van der Waals surface area contributed by atoms with Crippen molar-refractivity contribution in [1.29, 1.82) is 0 Å². The summed E-state index contributed by atoms with van der Waals surface area (Å²) in [5.74, 6) is 0.764. The number of nitrogens with one attached hydrogen (secondary N) is 1. The van der Waals surface area contributed by atoms with E-state index >= 15 is 0 Å². The molecule has 0 heterocycles. The lowest BCUT2D eigenvalue weighted by Gasteiger charge is -2.10. The van der Waals surface area contributed by atoms with Gasteiger partial charge in [-0.1, -0.05) is 13.0 Å². The minimum Gasteiger partial charge on any atom is -0.494 e. The molecule has 1 aromatic carbocycles. The molecule has 0 aromatic heterocycles. The summed E-state index contributed by atoms with van der Waals surface area (Å²) < 4.78 is 5.52. The Morgan fingerprint density at radius 2 is 2.06 bits per heavy atom. The second kappa shape index (κ2) is 6.16. The molecule has 88 valence electrons. The van der Waals surface area contributed by atoms with E-state index in [9.17, 15) is 4.79 Å². The summed E-state index contributed by atoms with van der Waals surface area (Å²) in [4.78, 5) is 11.6. The number of carbonyl (C=O) groups excluding carboxylic acids is 1. The topological polar surface area (TPSA) is 38.3 Å². The number of aryl methyl sites for hydroxylation is 1. The van der Waals surface area contributed by atoms with Crippen molar-refractivity contribution in [3.8, 4) is 5.75 Å². The van der Waals surface area contributed by atoms with E-state index in [1.54, 1.807) is 0 Å². The highest BCUT2D eigenvalue weighted by molar-refractivity contribution is 5.94. The fraction of sp³-hybridized carbons (Fsp3) is 0.462. The number of hydrogen-bond acceptors (Lipinski definition) is 2. The summed E-state index contributed by atoms with van der Waals surface area (Å²) in [5.41, 5.74) is 1.79. The molecule has 0 atom stereocenters. The summed E-state index contributed by atoms with van der Waals surface area (Å²) in [7, 11) is 0. The zero-order valence-electron chi connectivity index (χ0n) is 10.2. The van der Waals surface area contributed by atoms with Crippen LogP contribution in [-0.4, -0.2) is 19.1 Å². The third-order valence-electron chi connectivity index (χ3n) is 2.35. The van der Waals surface area contributed by atoms with Crippen molar-refractivity contribution in [3.63, 3.8) is 0 Å². The van der Waals surface area contributed by atoms with Crippen LogP contribution in [0.2, 0.25) is 0 Å². The van der Waals surface area contributed by atoms with Gasteiger partial charge in [-0.3, -0.25) is 4.79 Å². The van der Waals surface area contributed by atoms with Crippen LogP contribution < -0.4 is 10.1 Å². The van der Waals surface area contributed by atoms with E-state index in [0.717, 1.165) is 17.7 Å². The molecule has 3 nitrogen and oxygen atoms in total. The summed E-state index contributed by atoms with van der Waals surface area (Å²) in [6, 6.07) is 5.61.